The molecule has 0 fully saturated rings. The van der Waals surface area contributed by atoms with Gasteiger partial charge in [-0.3, -0.25) is 4.79 Å². The Labute approximate surface area is 166 Å². The molecule has 0 saturated heterocycles. The van der Waals surface area contributed by atoms with Gasteiger partial charge in [-0.05, 0) is 42.8 Å². The number of aryl methyl sites for hydroxylation is 1. The lowest BCUT2D eigenvalue weighted by atomic mass is 9.90. The third-order valence-corrected chi connectivity index (χ3v) is 5.04. The van der Waals surface area contributed by atoms with Gasteiger partial charge < -0.3 is 18.9 Å². The minimum atomic E-state index is -0.519. The van der Waals surface area contributed by atoms with Crippen LogP contribution in [0.15, 0.2) is 40.9 Å². The van der Waals surface area contributed by atoms with Crippen molar-refractivity contribution in [3.8, 4) is 11.8 Å². The summed E-state index contributed by atoms with van der Waals surface area (Å²) in [6.45, 7) is 1.99. The molecule has 29 heavy (non-hydrogen) atoms. The van der Waals surface area contributed by atoms with Gasteiger partial charge in [0.25, 0.3) is 0 Å². The number of rotatable bonds is 5. The predicted molar refractivity (Wildman–Crippen MR) is 107 cm³/mol. The van der Waals surface area contributed by atoms with E-state index in [1.165, 1.54) is 7.11 Å². The van der Waals surface area contributed by atoms with Crippen molar-refractivity contribution in [3.63, 3.8) is 0 Å². The van der Waals surface area contributed by atoms with Crippen molar-refractivity contribution < 1.29 is 18.7 Å². The topological polar surface area (TPSA) is 101 Å². The number of nitrogens with one attached hydrogen (secondary N) is 1. The normalized spacial score (nSPS) is 12.1. The van der Waals surface area contributed by atoms with E-state index in [1.54, 1.807) is 25.3 Å². The number of H-pyrrole nitrogens is 1. The van der Waals surface area contributed by atoms with Gasteiger partial charge in [0.2, 0.25) is 5.89 Å². The number of nitrogens with zero attached hydrogens (tertiary/aromatic N) is 2. The van der Waals surface area contributed by atoms with Crippen LogP contribution in [0, 0.1) is 18.3 Å². The second-order valence-electron chi connectivity index (χ2n) is 6.75. The van der Waals surface area contributed by atoms with Crippen molar-refractivity contribution in [3.05, 3.63) is 59.1 Å². The van der Waals surface area contributed by atoms with E-state index in [2.05, 4.69) is 16.0 Å². The van der Waals surface area contributed by atoms with Crippen molar-refractivity contribution >= 4 is 28.0 Å². The van der Waals surface area contributed by atoms with Gasteiger partial charge in [-0.25, -0.2) is 4.98 Å². The first kappa shape index (κ1) is 18.6. The highest BCUT2D eigenvalue weighted by Gasteiger charge is 2.29. The number of oxazole rings is 1. The number of hydrogen-bond donors (Lipinski definition) is 1. The fraction of sp³-hybridized carbons (Fsp3) is 0.227. The molecule has 0 aliphatic rings. The van der Waals surface area contributed by atoms with Crippen molar-refractivity contribution in [1.29, 1.82) is 5.26 Å². The van der Waals surface area contributed by atoms with E-state index in [1.807, 2.05) is 25.3 Å². The quantitative estimate of drug-likeness (QED) is 0.514. The molecule has 2 aromatic heterocycles. The van der Waals surface area contributed by atoms with Crippen LogP contribution in [0.4, 0.5) is 0 Å². The number of hydrogen-bond acceptors (Lipinski definition) is 6. The highest BCUT2D eigenvalue weighted by Crippen LogP contribution is 2.41. The lowest BCUT2D eigenvalue weighted by Gasteiger charge is -2.18. The molecule has 0 aliphatic heterocycles. The average molecular weight is 389 g/mol. The van der Waals surface area contributed by atoms with Gasteiger partial charge in [-0.1, -0.05) is 0 Å². The first-order valence-corrected chi connectivity index (χ1v) is 9.07. The molecule has 1 atom stereocenters. The fourth-order valence-electron chi connectivity index (χ4n) is 3.65. The molecule has 2 aromatic carbocycles. The van der Waals surface area contributed by atoms with Crippen molar-refractivity contribution in [1.82, 2.24) is 9.97 Å². The summed E-state index contributed by atoms with van der Waals surface area (Å²) < 4.78 is 16.6. The van der Waals surface area contributed by atoms with Crippen molar-refractivity contribution in [2.75, 3.05) is 14.2 Å². The van der Waals surface area contributed by atoms with E-state index in [9.17, 15) is 4.79 Å². The average Bonchev–Trinajstić information content (AvgIpc) is 3.38. The lowest BCUT2D eigenvalue weighted by molar-refractivity contribution is -0.140. The minimum absolute atomic E-state index is 0.0358. The zero-order chi connectivity index (χ0) is 20.5. The number of aromatic amines is 1. The van der Waals surface area contributed by atoms with Crippen LogP contribution in [0.5, 0.6) is 5.75 Å². The van der Waals surface area contributed by atoms with Gasteiger partial charge in [0.15, 0.2) is 5.58 Å². The molecule has 0 radical (unpaired) electrons. The summed E-state index contributed by atoms with van der Waals surface area (Å²) in [6.07, 6.45) is 1.88. The number of ether oxygens (including phenoxy) is 2. The van der Waals surface area contributed by atoms with Crippen LogP contribution in [-0.2, 0) is 9.53 Å². The maximum Gasteiger partial charge on any atom is 0.306 e. The summed E-state index contributed by atoms with van der Waals surface area (Å²) in [5.74, 6) is 0.101. The molecule has 0 saturated carbocycles. The molecule has 7 heteroatoms. The third kappa shape index (κ3) is 3.19. The SMILES string of the molecule is COC(=O)CC(c1nc2cc(C#N)ccc2o1)c1c(OC)cc(C)c2[nH]ccc12. The second-order valence-corrected chi connectivity index (χ2v) is 6.75. The van der Waals surface area contributed by atoms with E-state index in [-0.39, 0.29) is 12.4 Å². The Morgan fingerprint density at radius 2 is 2.14 bits per heavy atom. The number of carbonyl (C=O) groups excluding carboxylic acids is 1. The first-order chi connectivity index (χ1) is 14.0. The maximum absolute atomic E-state index is 12.2. The molecule has 7 nitrogen and oxygen atoms in total. The molecule has 146 valence electrons. The summed E-state index contributed by atoms with van der Waals surface area (Å²) in [4.78, 5) is 20.1. The van der Waals surface area contributed by atoms with Crippen LogP contribution in [0.2, 0.25) is 0 Å². The van der Waals surface area contributed by atoms with Crippen LogP contribution in [-0.4, -0.2) is 30.2 Å². The summed E-state index contributed by atoms with van der Waals surface area (Å²) in [5, 5.41) is 10.1. The second kappa shape index (κ2) is 7.32. The fourth-order valence-corrected chi connectivity index (χ4v) is 3.65. The van der Waals surface area contributed by atoms with Crippen molar-refractivity contribution in [2.24, 2.45) is 0 Å². The van der Waals surface area contributed by atoms with Crippen LogP contribution < -0.4 is 4.74 Å². The highest BCUT2D eigenvalue weighted by molar-refractivity contribution is 5.90. The Hall–Kier alpha value is -3.79. The number of fused-ring (bicyclic) bond motifs is 2. The summed E-state index contributed by atoms with van der Waals surface area (Å²) >= 11 is 0. The zero-order valence-electron chi connectivity index (χ0n) is 16.3. The smallest absolute Gasteiger partial charge is 0.306 e. The van der Waals surface area contributed by atoms with E-state index in [0.29, 0.717) is 28.3 Å². The van der Waals surface area contributed by atoms with Crippen LogP contribution in [0.3, 0.4) is 0 Å². The van der Waals surface area contributed by atoms with Gasteiger partial charge in [0.05, 0.1) is 38.2 Å². The lowest BCUT2D eigenvalue weighted by Crippen LogP contribution is -2.12. The predicted octanol–water partition coefficient (Wildman–Crippen LogP) is 4.19. The maximum atomic E-state index is 12.2. The van der Waals surface area contributed by atoms with Crippen LogP contribution in [0.1, 0.15) is 34.9 Å². The van der Waals surface area contributed by atoms with E-state index in [0.717, 1.165) is 22.0 Å². The van der Waals surface area contributed by atoms with Gasteiger partial charge in [0, 0.05) is 22.7 Å². The number of nitriles is 1. The van der Waals surface area contributed by atoms with E-state index < -0.39 is 5.92 Å². The molecular formula is C22H19N3O4. The molecule has 0 bridgehead atoms. The Kier molecular flexibility index (Phi) is 4.69. The first-order valence-electron chi connectivity index (χ1n) is 9.07. The Morgan fingerprint density at radius 1 is 1.31 bits per heavy atom. The number of carbonyl (C=O) groups is 1. The monoisotopic (exact) mass is 389 g/mol. The largest absolute Gasteiger partial charge is 0.496 e. The van der Waals surface area contributed by atoms with Gasteiger partial charge in [-0.15, -0.1) is 0 Å². The Balaban J connectivity index is 1.95. The zero-order valence-corrected chi connectivity index (χ0v) is 16.3. The Morgan fingerprint density at radius 3 is 2.86 bits per heavy atom. The number of benzene rings is 2. The molecule has 4 aromatic rings. The van der Waals surface area contributed by atoms with E-state index in [4.69, 9.17) is 19.2 Å². The molecule has 4 rings (SSSR count). The van der Waals surface area contributed by atoms with Gasteiger partial charge in [0.1, 0.15) is 11.3 Å². The summed E-state index contributed by atoms with van der Waals surface area (Å²) in [6, 6.07) is 11.0. The summed E-state index contributed by atoms with van der Waals surface area (Å²) in [7, 11) is 2.94. The minimum Gasteiger partial charge on any atom is -0.496 e. The molecule has 0 amide bonds. The third-order valence-electron chi connectivity index (χ3n) is 5.04. The molecule has 1 N–H and O–H groups in total. The molecular weight excluding hydrogens is 370 g/mol. The summed E-state index contributed by atoms with van der Waals surface area (Å²) in [5.41, 5.74) is 4.38. The Bertz CT molecular complexity index is 1260. The van der Waals surface area contributed by atoms with Crippen LogP contribution in [0.25, 0.3) is 22.0 Å². The van der Waals surface area contributed by atoms with Crippen molar-refractivity contribution in [2.45, 2.75) is 19.3 Å². The number of esters is 1. The van der Waals surface area contributed by atoms with Crippen LogP contribution >= 0.6 is 0 Å². The molecule has 2 heterocycles. The molecule has 1 unspecified atom stereocenters. The standard InChI is InChI=1S/C22H19N3O4/c1-12-8-18(27-2)20(14-6-7-24-21(12)14)15(10-19(26)28-3)22-25-16-9-13(11-23)4-5-17(16)29-22/h4-9,15,24H,10H2,1-3H3. The number of methoxy groups -OCH3 is 2. The molecule has 0 spiro atoms. The van der Waals surface area contributed by atoms with Gasteiger partial charge >= 0.3 is 5.97 Å². The highest BCUT2D eigenvalue weighted by atomic mass is 16.5. The van der Waals surface area contributed by atoms with Gasteiger partial charge in [-0.2, -0.15) is 5.26 Å². The number of aromatic nitrogens is 2. The molecule has 0 aliphatic carbocycles. The van der Waals surface area contributed by atoms with E-state index >= 15 is 0 Å².